The molecular weight excluding hydrogens is 318 g/mol. The molecule has 18 heavy (non-hydrogen) atoms. The molecule has 0 radical (unpaired) electrons. The zero-order chi connectivity index (χ0) is 14.0. The number of halogens is 1. The fourth-order valence-electron chi connectivity index (χ4n) is 1.29. The van der Waals surface area contributed by atoms with Gasteiger partial charge in [0.2, 0.25) is 10.0 Å². The minimum absolute atomic E-state index is 0.173. The van der Waals surface area contributed by atoms with E-state index >= 15 is 0 Å². The van der Waals surface area contributed by atoms with Crippen molar-refractivity contribution in [1.29, 1.82) is 0 Å². The first-order chi connectivity index (χ1) is 8.12. The lowest BCUT2D eigenvalue weighted by Gasteiger charge is -2.38. The summed E-state index contributed by atoms with van der Waals surface area (Å²) < 4.78 is 25.8. The molecule has 2 N–H and O–H groups in total. The van der Waals surface area contributed by atoms with Crippen LogP contribution in [0.4, 0.5) is 0 Å². The molecule has 0 unspecified atom stereocenters. The van der Waals surface area contributed by atoms with Crippen molar-refractivity contribution in [3.63, 3.8) is 0 Å². The third kappa shape index (κ3) is 3.32. The summed E-state index contributed by atoms with van der Waals surface area (Å²) in [4.78, 5) is 0.173. The molecule has 1 aromatic rings. The van der Waals surface area contributed by atoms with E-state index in [9.17, 15) is 13.5 Å². The molecular formula is C12H18BrNO3S. The maximum atomic E-state index is 12.2. The van der Waals surface area contributed by atoms with Gasteiger partial charge in [0.15, 0.2) is 0 Å². The van der Waals surface area contributed by atoms with Gasteiger partial charge in [-0.05, 0) is 17.5 Å². The molecule has 0 saturated heterocycles. The van der Waals surface area contributed by atoms with Crippen LogP contribution in [-0.4, -0.2) is 24.6 Å². The zero-order valence-electron chi connectivity index (χ0n) is 10.6. The van der Waals surface area contributed by atoms with E-state index in [0.717, 1.165) is 0 Å². The summed E-state index contributed by atoms with van der Waals surface area (Å²) in [6.45, 7) is 5.17. The molecule has 1 atom stereocenters. The Morgan fingerprint density at radius 2 is 1.72 bits per heavy atom. The second kappa shape index (κ2) is 5.28. The normalized spacial score (nSPS) is 16.3. The van der Waals surface area contributed by atoms with E-state index < -0.39 is 19.9 Å². The van der Waals surface area contributed by atoms with Gasteiger partial charge in [-0.25, -0.2) is 8.42 Å². The van der Waals surface area contributed by atoms with Gasteiger partial charge in [0.1, 0.15) is 4.45 Å². The lowest BCUT2D eigenvalue weighted by molar-refractivity contribution is 0.157. The van der Waals surface area contributed by atoms with Crippen LogP contribution in [0.25, 0.3) is 0 Å². The van der Waals surface area contributed by atoms with E-state index in [1.807, 2.05) is 20.8 Å². The second-order valence-electron chi connectivity index (χ2n) is 5.13. The Bertz CT molecular complexity index is 496. The van der Waals surface area contributed by atoms with E-state index in [4.69, 9.17) is 0 Å². The first kappa shape index (κ1) is 15.6. The fourth-order valence-corrected chi connectivity index (χ4v) is 3.36. The van der Waals surface area contributed by atoms with Crippen LogP contribution < -0.4 is 4.72 Å². The minimum atomic E-state index is -3.67. The van der Waals surface area contributed by atoms with Gasteiger partial charge < -0.3 is 5.11 Å². The molecule has 1 aromatic carbocycles. The van der Waals surface area contributed by atoms with Crippen molar-refractivity contribution < 1.29 is 13.5 Å². The van der Waals surface area contributed by atoms with Crippen LogP contribution in [0.1, 0.15) is 20.8 Å². The number of benzene rings is 1. The number of hydrogen-bond donors (Lipinski definition) is 2. The number of aliphatic hydroxyl groups is 1. The molecule has 6 heteroatoms. The topological polar surface area (TPSA) is 66.4 Å². The average Bonchev–Trinajstić information content (AvgIpc) is 2.28. The maximum absolute atomic E-state index is 12.2. The summed E-state index contributed by atoms with van der Waals surface area (Å²) >= 11 is 3.30. The molecule has 0 spiro atoms. The smallest absolute Gasteiger partial charge is 0.241 e. The van der Waals surface area contributed by atoms with Gasteiger partial charge in [0.25, 0.3) is 0 Å². The summed E-state index contributed by atoms with van der Waals surface area (Å²) in [6.07, 6.45) is 0. The molecule has 4 nitrogen and oxygen atoms in total. The van der Waals surface area contributed by atoms with Crippen LogP contribution in [-0.2, 0) is 10.0 Å². The van der Waals surface area contributed by atoms with Gasteiger partial charge in [-0.2, -0.15) is 4.72 Å². The van der Waals surface area contributed by atoms with Crippen molar-refractivity contribution in [2.75, 3.05) is 6.61 Å². The highest BCUT2D eigenvalue weighted by Crippen LogP contribution is 2.36. The second-order valence-corrected chi connectivity index (χ2v) is 8.16. The van der Waals surface area contributed by atoms with Gasteiger partial charge in [-0.15, -0.1) is 0 Å². The van der Waals surface area contributed by atoms with Crippen LogP contribution in [0.15, 0.2) is 35.2 Å². The molecule has 0 fully saturated rings. The molecule has 0 aliphatic heterocycles. The summed E-state index contributed by atoms with van der Waals surface area (Å²) in [6, 6.07) is 8.07. The largest absolute Gasteiger partial charge is 0.393 e. The lowest BCUT2D eigenvalue weighted by Crippen LogP contribution is -2.54. The van der Waals surface area contributed by atoms with E-state index in [-0.39, 0.29) is 11.5 Å². The molecule has 1 rings (SSSR count). The number of nitrogens with one attached hydrogen (secondary N) is 1. The molecule has 0 amide bonds. The number of hydrogen-bond acceptors (Lipinski definition) is 3. The standard InChI is InChI=1S/C12H18BrNO3S/c1-11(2,3)12(13,9-15)14-18(16,17)10-7-5-4-6-8-10/h4-8,14-15H,9H2,1-3H3/t12-/m1/s1. The predicted octanol–water partition coefficient (Wildman–Crippen LogP) is 2.09. The van der Waals surface area contributed by atoms with Crippen LogP contribution >= 0.6 is 15.9 Å². The van der Waals surface area contributed by atoms with Crippen LogP contribution in [0.2, 0.25) is 0 Å². The molecule has 0 heterocycles. The fraction of sp³-hybridized carbons (Fsp3) is 0.500. The van der Waals surface area contributed by atoms with Crippen molar-refractivity contribution in [1.82, 2.24) is 4.72 Å². The quantitative estimate of drug-likeness (QED) is 0.654. The summed E-state index contributed by atoms with van der Waals surface area (Å²) in [5.74, 6) is 0. The van der Waals surface area contributed by atoms with Crippen molar-refractivity contribution in [2.45, 2.75) is 30.1 Å². The van der Waals surface area contributed by atoms with Gasteiger partial charge in [-0.1, -0.05) is 54.9 Å². The number of rotatable bonds is 4. The Hall–Kier alpha value is -0.430. The molecule has 102 valence electrons. The molecule has 0 saturated carbocycles. The highest BCUT2D eigenvalue weighted by atomic mass is 79.9. The number of sulfonamides is 1. The summed E-state index contributed by atoms with van der Waals surface area (Å²) in [5.41, 5.74) is -0.483. The van der Waals surface area contributed by atoms with Gasteiger partial charge in [0.05, 0.1) is 11.5 Å². The molecule has 0 aliphatic rings. The van der Waals surface area contributed by atoms with Crippen molar-refractivity contribution in [2.24, 2.45) is 5.41 Å². The van der Waals surface area contributed by atoms with E-state index in [0.29, 0.717) is 0 Å². The van der Waals surface area contributed by atoms with E-state index in [1.54, 1.807) is 18.2 Å². The SMILES string of the molecule is CC(C)(C)[C@@](Br)(CO)NS(=O)(=O)c1ccccc1. The monoisotopic (exact) mass is 335 g/mol. The van der Waals surface area contributed by atoms with E-state index in [2.05, 4.69) is 20.7 Å². The minimum Gasteiger partial charge on any atom is -0.393 e. The Morgan fingerprint density at radius 1 is 1.22 bits per heavy atom. The van der Waals surface area contributed by atoms with Crippen molar-refractivity contribution in [3.05, 3.63) is 30.3 Å². The highest BCUT2D eigenvalue weighted by Gasteiger charge is 2.42. The van der Waals surface area contributed by atoms with Crippen LogP contribution in [0.5, 0.6) is 0 Å². The predicted molar refractivity (Wildman–Crippen MR) is 75.0 cm³/mol. The summed E-state index contributed by atoms with van der Waals surface area (Å²) in [7, 11) is -3.67. The number of alkyl halides is 1. The third-order valence-electron chi connectivity index (χ3n) is 2.76. The Balaban J connectivity index is 3.10. The van der Waals surface area contributed by atoms with Crippen molar-refractivity contribution >= 4 is 26.0 Å². The van der Waals surface area contributed by atoms with Crippen LogP contribution in [0.3, 0.4) is 0 Å². The van der Waals surface area contributed by atoms with Gasteiger partial charge in [-0.3, -0.25) is 0 Å². The Morgan fingerprint density at radius 3 is 2.11 bits per heavy atom. The van der Waals surface area contributed by atoms with E-state index in [1.165, 1.54) is 12.1 Å². The lowest BCUT2D eigenvalue weighted by atomic mass is 9.88. The van der Waals surface area contributed by atoms with Crippen molar-refractivity contribution in [3.8, 4) is 0 Å². The molecule has 0 aromatic heterocycles. The summed E-state index contributed by atoms with van der Waals surface area (Å²) in [5, 5.41) is 9.46. The number of aliphatic hydroxyl groups excluding tert-OH is 1. The van der Waals surface area contributed by atoms with Gasteiger partial charge >= 0.3 is 0 Å². The first-order valence-corrected chi connectivity index (χ1v) is 7.79. The van der Waals surface area contributed by atoms with Gasteiger partial charge in [0, 0.05) is 0 Å². The highest BCUT2D eigenvalue weighted by molar-refractivity contribution is 9.10. The third-order valence-corrected chi connectivity index (χ3v) is 6.17. The molecule has 0 aliphatic carbocycles. The average molecular weight is 336 g/mol. The zero-order valence-corrected chi connectivity index (χ0v) is 13.0. The Kier molecular flexibility index (Phi) is 4.59. The van der Waals surface area contributed by atoms with Crippen LogP contribution in [0, 0.1) is 5.41 Å². The molecule has 0 bridgehead atoms. The Labute approximate surface area is 117 Å². The first-order valence-electron chi connectivity index (χ1n) is 5.51. The maximum Gasteiger partial charge on any atom is 0.241 e.